The van der Waals surface area contributed by atoms with Gasteiger partial charge in [-0.3, -0.25) is 10.1 Å². The molecule has 0 unspecified atom stereocenters. The molecule has 24 heavy (non-hydrogen) atoms. The Morgan fingerprint density at radius 2 is 2.00 bits per heavy atom. The van der Waals surface area contributed by atoms with Gasteiger partial charge in [0, 0.05) is 24.6 Å². The lowest BCUT2D eigenvalue weighted by atomic mass is 10.0. The molecule has 1 aromatic heterocycles. The van der Waals surface area contributed by atoms with Crippen molar-refractivity contribution in [1.29, 1.82) is 0 Å². The van der Waals surface area contributed by atoms with E-state index in [2.05, 4.69) is 0 Å². The molecule has 122 valence electrons. The number of hydrogen-bond donors (Lipinski definition) is 1. The van der Waals surface area contributed by atoms with Crippen LogP contribution in [0, 0.1) is 10.1 Å². The van der Waals surface area contributed by atoms with Gasteiger partial charge in [0.15, 0.2) is 0 Å². The number of esters is 1. The van der Waals surface area contributed by atoms with Gasteiger partial charge < -0.3 is 9.84 Å². The van der Waals surface area contributed by atoms with E-state index >= 15 is 0 Å². The van der Waals surface area contributed by atoms with Crippen molar-refractivity contribution in [2.24, 2.45) is 0 Å². The number of hydrogen-bond acceptors (Lipinski definition) is 6. The highest BCUT2D eigenvalue weighted by Crippen LogP contribution is 2.32. The fourth-order valence-corrected chi connectivity index (χ4v) is 3.26. The lowest BCUT2D eigenvalue weighted by molar-refractivity contribution is -0.384. The topological polar surface area (TPSA) is 107 Å². The summed E-state index contributed by atoms with van der Waals surface area (Å²) in [5, 5.41) is 20.0. The van der Waals surface area contributed by atoms with E-state index in [1.807, 2.05) is 6.08 Å². The Balaban J connectivity index is 2.03. The summed E-state index contributed by atoms with van der Waals surface area (Å²) in [5.41, 5.74) is 0.611. The van der Waals surface area contributed by atoms with Crippen LogP contribution in [0.3, 0.4) is 0 Å². The predicted molar refractivity (Wildman–Crippen MR) is 85.9 cm³/mol. The fraction of sp³-hybridized carbons (Fsp3) is 0.125. The standard InChI is InChI=1S/C16H11NO6S/c18-15(19)14-8-12-13(24-14)4-2-1-3-9-7-10(17(21)22)5-6-11(9)16(20)23-12/h1-2,5-8H,3-4H2,(H,18,19)/b2-1+. The van der Waals surface area contributed by atoms with Crippen LogP contribution >= 0.6 is 11.3 Å². The average Bonchev–Trinajstić information content (AvgIpc) is 2.94. The molecule has 0 amide bonds. The lowest BCUT2D eigenvalue weighted by Crippen LogP contribution is -2.12. The van der Waals surface area contributed by atoms with Crippen molar-refractivity contribution >= 4 is 29.0 Å². The molecular formula is C16H11NO6S. The number of nitrogens with zero attached hydrogens (tertiary/aromatic N) is 1. The highest BCUT2D eigenvalue weighted by molar-refractivity contribution is 7.14. The summed E-state index contributed by atoms with van der Waals surface area (Å²) < 4.78 is 5.33. The zero-order valence-electron chi connectivity index (χ0n) is 12.2. The predicted octanol–water partition coefficient (Wildman–Crippen LogP) is 3.23. The van der Waals surface area contributed by atoms with Gasteiger partial charge in [-0.2, -0.15) is 0 Å². The normalized spacial score (nSPS) is 14.9. The minimum Gasteiger partial charge on any atom is -0.477 e. The summed E-state index contributed by atoms with van der Waals surface area (Å²) in [5.74, 6) is -1.54. The van der Waals surface area contributed by atoms with E-state index in [0.717, 1.165) is 11.3 Å². The number of nitro groups is 1. The number of rotatable bonds is 2. The van der Waals surface area contributed by atoms with Gasteiger partial charge in [-0.15, -0.1) is 11.3 Å². The number of carbonyl (C=O) groups excluding carboxylic acids is 1. The van der Waals surface area contributed by atoms with E-state index in [0.29, 0.717) is 23.3 Å². The number of carboxylic acids is 1. The van der Waals surface area contributed by atoms with E-state index < -0.39 is 16.9 Å². The maximum absolute atomic E-state index is 12.4. The third-order valence-electron chi connectivity index (χ3n) is 3.51. The molecule has 3 rings (SSSR count). The Bertz CT molecular complexity index is 883. The zero-order chi connectivity index (χ0) is 17.3. The molecule has 0 radical (unpaired) electrons. The van der Waals surface area contributed by atoms with Crippen LogP contribution in [-0.4, -0.2) is 22.0 Å². The van der Waals surface area contributed by atoms with Crippen LogP contribution in [0.2, 0.25) is 0 Å². The quantitative estimate of drug-likeness (QED) is 0.387. The molecule has 1 N–H and O–H groups in total. The van der Waals surface area contributed by atoms with Crippen LogP contribution in [0.5, 0.6) is 5.75 Å². The van der Waals surface area contributed by atoms with E-state index in [1.54, 1.807) is 6.08 Å². The Kier molecular flexibility index (Phi) is 4.13. The first-order valence-electron chi connectivity index (χ1n) is 6.96. The van der Waals surface area contributed by atoms with Gasteiger partial charge in [0.25, 0.3) is 5.69 Å². The molecule has 0 bridgehead atoms. The number of benzene rings is 1. The minimum atomic E-state index is -1.08. The van der Waals surface area contributed by atoms with Gasteiger partial charge in [-0.25, -0.2) is 9.59 Å². The number of carbonyl (C=O) groups is 2. The number of allylic oxidation sites excluding steroid dienone is 2. The number of fused-ring (bicyclic) bond motifs is 2. The van der Waals surface area contributed by atoms with Gasteiger partial charge in [-0.1, -0.05) is 12.2 Å². The summed E-state index contributed by atoms with van der Waals surface area (Å²) >= 11 is 1.05. The first kappa shape index (κ1) is 15.9. The molecule has 0 saturated carbocycles. The van der Waals surface area contributed by atoms with Crippen molar-refractivity contribution in [3.63, 3.8) is 0 Å². The molecule has 7 nitrogen and oxygen atoms in total. The summed E-state index contributed by atoms with van der Waals surface area (Å²) in [7, 11) is 0. The second-order valence-electron chi connectivity index (χ2n) is 5.07. The second-order valence-corrected chi connectivity index (χ2v) is 6.21. The van der Waals surface area contributed by atoms with Gasteiger partial charge >= 0.3 is 11.9 Å². The molecular weight excluding hydrogens is 334 g/mol. The Morgan fingerprint density at radius 1 is 1.25 bits per heavy atom. The van der Waals surface area contributed by atoms with E-state index in [4.69, 9.17) is 9.84 Å². The largest absolute Gasteiger partial charge is 0.477 e. The molecule has 8 heteroatoms. The zero-order valence-corrected chi connectivity index (χ0v) is 13.0. The Hall–Kier alpha value is -3.00. The number of thiophene rings is 1. The number of aromatic carboxylic acids is 1. The fourth-order valence-electron chi connectivity index (χ4n) is 2.36. The molecule has 1 aliphatic rings. The second kappa shape index (κ2) is 6.25. The Morgan fingerprint density at radius 3 is 2.71 bits per heavy atom. The summed E-state index contributed by atoms with van der Waals surface area (Å²) in [4.78, 5) is 34.6. The molecule has 0 aliphatic carbocycles. The number of ether oxygens (including phenoxy) is 1. The molecule has 2 aromatic rings. The van der Waals surface area contributed by atoms with Gasteiger partial charge in [0.2, 0.25) is 0 Å². The van der Waals surface area contributed by atoms with Crippen molar-refractivity contribution in [3.8, 4) is 5.75 Å². The van der Waals surface area contributed by atoms with Crippen molar-refractivity contribution in [2.75, 3.05) is 0 Å². The van der Waals surface area contributed by atoms with Crippen LogP contribution in [-0.2, 0) is 12.8 Å². The third-order valence-corrected chi connectivity index (χ3v) is 4.64. The van der Waals surface area contributed by atoms with Crippen LogP contribution in [0.15, 0.2) is 36.4 Å². The molecule has 0 spiro atoms. The maximum atomic E-state index is 12.4. The average molecular weight is 345 g/mol. The molecule has 0 atom stereocenters. The van der Waals surface area contributed by atoms with Crippen molar-refractivity contribution < 1.29 is 24.4 Å². The summed E-state index contributed by atoms with van der Waals surface area (Å²) in [6.45, 7) is 0. The number of carboxylic acid groups (broad SMARTS) is 1. The minimum absolute atomic E-state index is 0.0874. The highest BCUT2D eigenvalue weighted by atomic mass is 32.1. The van der Waals surface area contributed by atoms with E-state index in [-0.39, 0.29) is 21.9 Å². The van der Waals surface area contributed by atoms with Gasteiger partial charge in [0.1, 0.15) is 10.6 Å². The van der Waals surface area contributed by atoms with Crippen LogP contribution in [0.1, 0.15) is 30.5 Å². The molecule has 2 heterocycles. The van der Waals surface area contributed by atoms with Crippen LogP contribution < -0.4 is 4.74 Å². The Labute approximate surface area is 140 Å². The first-order chi connectivity index (χ1) is 11.5. The monoisotopic (exact) mass is 345 g/mol. The van der Waals surface area contributed by atoms with Gasteiger partial charge in [-0.05, 0) is 18.1 Å². The summed E-state index contributed by atoms with van der Waals surface area (Å²) in [6.07, 6.45) is 4.39. The van der Waals surface area contributed by atoms with Crippen LogP contribution in [0.4, 0.5) is 5.69 Å². The lowest BCUT2D eigenvalue weighted by Gasteiger charge is -2.10. The van der Waals surface area contributed by atoms with E-state index in [9.17, 15) is 19.7 Å². The van der Waals surface area contributed by atoms with Crippen molar-refractivity contribution in [3.05, 3.63) is 67.4 Å². The molecule has 0 fully saturated rings. The van der Waals surface area contributed by atoms with Crippen LogP contribution in [0.25, 0.3) is 0 Å². The number of non-ortho nitro benzene ring substituents is 1. The van der Waals surface area contributed by atoms with E-state index in [1.165, 1.54) is 24.3 Å². The number of nitro benzene ring substituents is 1. The van der Waals surface area contributed by atoms with Gasteiger partial charge in [0.05, 0.1) is 15.4 Å². The van der Waals surface area contributed by atoms with Crippen molar-refractivity contribution in [1.82, 2.24) is 0 Å². The molecule has 1 aromatic carbocycles. The summed E-state index contributed by atoms with van der Waals surface area (Å²) in [6, 6.07) is 5.27. The highest BCUT2D eigenvalue weighted by Gasteiger charge is 2.21. The first-order valence-corrected chi connectivity index (χ1v) is 7.78. The third kappa shape index (κ3) is 3.04. The molecule has 1 aliphatic heterocycles. The maximum Gasteiger partial charge on any atom is 0.346 e. The molecule has 0 saturated heterocycles. The SMILES string of the molecule is O=C(O)c1cc2c(s1)C/C=C/Cc1cc([N+](=O)[O-])ccc1C(=O)O2. The smallest absolute Gasteiger partial charge is 0.346 e. The van der Waals surface area contributed by atoms with Crippen molar-refractivity contribution in [2.45, 2.75) is 12.8 Å².